The number of benzene rings is 1. The number of nitrogens with two attached hydrogens (primary N) is 1. The smallest absolute Gasteiger partial charge is 0.326 e. The zero-order chi connectivity index (χ0) is 26.3. The number of carboxylic acid groups (broad SMARTS) is 1. The Kier molecular flexibility index (Phi) is 9.75. The summed E-state index contributed by atoms with van der Waals surface area (Å²) in [5.41, 5.74) is 6.97. The number of hydrogen-bond acceptors (Lipinski definition) is 7. The van der Waals surface area contributed by atoms with Crippen molar-refractivity contribution in [3.8, 4) is 0 Å². The van der Waals surface area contributed by atoms with Gasteiger partial charge in [-0.2, -0.15) is 0 Å². The number of H-pyrrole nitrogens is 1. The van der Waals surface area contributed by atoms with Crippen molar-refractivity contribution in [2.75, 3.05) is 6.61 Å². The molecule has 1 aromatic carbocycles. The minimum absolute atomic E-state index is 0.00263. The first-order valence-electron chi connectivity index (χ1n) is 11.2. The number of aliphatic hydroxyl groups excluding tert-OH is 2. The molecule has 9 N–H and O–H groups in total. The highest BCUT2D eigenvalue weighted by Gasteiger charge is 2.33. The summed E-state index contributed by atoms with van der Waals surface area (Å²) >= 11 is 0. The van der Waals surface area contributed by atoms with Crippen LogP contribution in [-0.2, 0) is 25.6 Å². The molecular weight excluding hydrogens is 458 g/mol. The number of rotatable bonds is 12. The van der Waals surface area contributed by atoms with Crippen molar-refractivity contribution < 1.29 is 34.5 Å². The van der Waals surface area contributed by atoms with Crippen molar-refractivity contribution in [3.05, 3.63) is 36.0 Å². The third kappa shape index (κ3) is 7.25. The predicted octanol–water partition coefficient (Wildman–Crippen LogP) is -1.39. The molecule has 0 aliphatic heterocycles. The fraction of sp³-hybridized carbons (Fsp3) is 0.478. The maximum atomic E-state index is 13.1. The molecule has 12 nitrogen and oxygen atoms in total. The Morgan fingerprint density at radius 1 is 0.971 bits per heavy atom. The van der Waals surface area contributed by atoms with Gasteiger partial charge in [-0.15, -0.1) is 0 Å². The second-order valence-electron chi connectivity index (χ2n) is 8.71. The molecular formula is C23H33N5O7. The second kappa shape index (κ2) is 12.3. The molecule has 2 rings (SSSR count). The van der Waals surface area contributed by atoms with E-state index in [0.29, 0.717) is 5.56 Å². The topological polar surface area (TPSA) is 207 Å². The van der Waals surface area contributed by atoms with Crippen LogP contribution >= 0.6 is 0 Å². The lowest BCUT2D eigenvalue weighted by Crippen LogP contribution is -2.60. The summed E-state index contributed by atoms with van der Waals surface area (Å²) in [6.07, 6.45) is 0.328. The van der Waals surface area contributed by atoms with Crippen molar-refractivity contribution >= 4 is 34.6 Å². The number of aliphatic carboxylic acids is 1. The van der Waals surface area contributed by atoms with E-state index in [1.807, 2.05) is 24.3 Å². The van der Waals surface area contributed by atoms with Crippen LogP contribution in [0.4, 0.5) is 0 Å². The van der Waals surface area contributed by atoms with Crippen molar-refractivity contribution in [1.82, 2.24) is 20.9 Å². The van der Waals surface area contributed by atoms with Crippen LogP contribution in [0.1, 0.15) is 26.3 Å². The summed E-state index contributed by atoms with van der Waals surface area (Å²) < 4.78 is 0. The van der Waals surface area contributed by atoms with Crippen LogP contribution < -0.4 is 21.7 Å². The molecule has 0 aliphatic carbocycles. The fourth-order valence-corrected chi connectivity index (χ4v) is 3.51. The van der Waals surface area contributed by atoms with E-state index in [9.17, 15) is 29.4 Å². The van der Waals surface area contributed by atoms with Gasteiger partial charge in [0.1, 0.15) is 24.2 Å². The molecule has 5 atom stereocenters. The maximum Gasteiger partial charge on any atom is 0.326 e. The van der Waals surface area contributed by atoms with E-state index in [-0.39, 0.29) is 6.42 Å². The van der Waals surface area contributed by atoms with E-state index in [0.717, 1.165) is 10.9 Å². The van der Waals surface area contributed by atoms with Crippen molar-refractivity contribution in [2.45, 2.75) is 57.5 Å². The van der Waals surface area contributed by atoms with Crippen LogP contribution in [0.25, 0.3) is 10.9 Å². The van der Waals surface area contributed by atoms with Gasteiger partial charge in [-0.25, -0.2) is 4.79 Å². The summed E-state index contributed by atoms with van der Waals surface area (Å²) in [6.45, 7) is 3.87. The molecule has 1 heterocycles. The lowest BCUT2D eigenvalue weighted by molar-refractivity contribution is -0.143. The normalized spacial score (nSPS) is 15.6. The largest absolute Gasteiger partial charge is 0.480 e. The standard InChI is InChI=1S/C23H33N5O7/c1-11(2)18(23(34)35)27-21(32)17(8-13-9-25-16-7-5-4-6-14(13)16)26-22(33)19(12(3)30)28-20(31)15(24)10-29/h4-7,9,11-12,15,17-19,25,29-30H,8,10,24H2,1-3H3,(H,26,33)(H,27,32)(H,28,31)(H,34,35). The first-order chi connectivity index (χ1) is 16.5. The number of amides is 3. The van der Waals surface area contributed by atoms with E-state index >= 15 is 0 Å². The molecule has 1 aromatic heterocycles. The van der Waals surface area contributed by atoms with E-state index < -0.39 is 66.5 Å². The van der Waals surface area contributed by atoms with Crippen LogP contribution in [0.2, 0.25) is 0 Å². The van der Waals surface area contributed by atoms with Crippen LogP contribution in [0.3, 0.4) is 0 Å². The van der Waals surface area contributed by atoms with Gasteiger partial charge in [0.25, 0.3) is 0 Å². The maximum absolute atomic E-state index is 13.1. The number of hydrogen-bond donors (Lipinski definition) is 8. The van der Waals surface area contributed by atoms with Gasteiger partial charge in [-0.3, -0.25) is 14.4 Å². The Morgan fingerprint density at radius 2 is 1.60 bits per heavy atom. The SMILES string of the molecule is CC(C)C(NC(=O)C(Cc1c[nH]c2ccccc12)NC(=O)C(NC(=O)C(N)CO)C(C)O)C(=O)O. The Morgan fingerprint density at radius 3 is 2.17 bits per heavy atom. The number of carboxylic acids is 1. The lowest BCUT2D eigenvalue weighted by Gasteiger charge is -2.27. The highest BCUT2D eigenvalue weighted by atomic mass is 16.4. The molecule has 5 unspecified atom stereocenters. The van der Waals surface area contributed by atoms with Gasteiger partial charge in [0, 0.05) is 23.5 Å². The summed E-state index contributed by atoms with van der Waals surface area (Å²) in [5, 5.41) is 36.6. The molecule has 0 spiro atoms. The highest BCUT2D eigenvalue weighted by Crippen LogP contribution is 2.19. The first kappa shape index (κ1) is 27.8. The fourth-order valence-electron chi connectivity index (χ4n) is 3.51. The van der Waals surface area contributed by atoms with Gasteiger partial charge in [0.05, 0.1) is 12.7 Å². The number of aromatic nitrogens is 1. The molecule has 12 heteroatoms. The third-order valence-electron chi connectivity index (χ3n) is 5.56. The summed E-state index contributed by atoms with van der Waals surface area (Å²) in [7, 11) is 0. The third-order valence-corrected chi connectivity index (χ3v) is 5.56. The quantitative estimate of drug-likeness (QED) is 0.177. The highest BCUT2D eigenvalue weighted by molar-refractivity contribution is 5.95. The number of fused-ring (bicyclic) bond motifs is 1. The minimum atomic E-state index is -1.47. The molecule has 0 saturated carbocycles. The average molecular weight is 492 g/mol. The molecule has 35 heavy (non-hydrogen) atoms. The Labute approximate surface area is 202 Å². The van der Waals surface area contributed by atoms with Crippen LogP contribution in [0, 0.1) is 5.92 Å². The Bertz CT molecular complexity index is 1050. The molecule has 0 aliphatic rings. The van der Waals surface area contributed by atoms with Gasteiger partial charge >= 0.3 is 5.97 Å². The van der Waals surface area contributed by atoms with Gasteiger partial charge in [0.2, 0.25) is 17.7 Å². The van der Waals surface area contributed by atoms with E-state index in [2.05, 4.69) is 20.9 Å². The Balaban J connectivity index is 2.32. The average Bonchev–Trinajstić information content (AvgIpc) is 3.21. The van der Waals surface area contributed by atoms with E-state index in [1.54, 1.807) is 20.0 Å². The monoisotopic (exact) mass is 491 g/mol. The zero-order valence-electron chi connectivity index (χ0n) is 19.8. The first-order valence-corrected chi connectivity index (χ1v) is 11.2. The van der Waals surface area contributed by atoms with E-state index in [4.69, 9.17) is 10.8 Å². The molecule has 2 aromatic rings. The van der Waals surface area contributed by atoms with Crippen LogP contribution in [-0.4, -0.2) is 80.9 Å². The minimum Gasteiger partial charge on any atom is -0.480 e. The summed E-state index contributed by atoms with van der Waals surface area (Å²) in [4.78, 5) is 52.9. The van der Waals surface area contributed by atoms with Crippen LogP contribution in [0.5, 0.6) is 0 Å². The van der Waals surface area contributed by atoms with Crippen molar-refractivity contribution in [1.29, 1.82) is 0 Å². The van der Waals surface area contributed by atoms with E-state index in [1.165, 1.54) is 6.92 Å². The Hall–Kier alpha value is -3.48. The molecule has 3 amide bonds. The van der Waals surface area contributed by atoms with Crippen molar-refractivity contribution in [2.24, 2.45) is 11.7 Å². The lowest BCUT2D eigenvalue weighted by atomic mass is 10.0. The molecule has 0 bridgehead atoms. The summed E-state index contributed by atoms with van der Waals surface area (Å²) in [5.74, 6) is -4.14. The number of carbonyl (C=O) groups is 4. The summed E-state index contributed by atoms with van der Waals surface area (Å²) in [6, 6.07) is 2.12. The molecule has 0 radical (unpaired) electrons. The van der Waals surface area contributed by atoms with Gasteiger partial charge < -0.3 is 42.0 Å². The second-order valence-corrected chi connectivity index (χ2v) is 8.71. The molecule has 0 fully saturated rings. The number of aliphatic hydroxyl groups is 2. The number of aromatic amines is 1. The van der Waals surface area contributed by atoms with Gasteiger partial charge in [-0.1, -0.05) is 32.0 Å². The number of para-hydroxylation sites is 1. The van der Waals surface area contributed by atoms with Crippen LogP contribution in [0.15, 0.2) is 30.5 Å². The van der Waals surface area contributed by atoms with Gasteiger partial charge in [-0.05, 0) is 24.5 Å². The zero-order valence-corrected chi connectivity index (χ0v) is 19.8. The number of nitrogens with one attached hydrogen (secondary N) is 4. The molecule has 0 saturated heterocycles. The molecule has 192 valence electrons. The predicted molar refractivity (Wildman–Crippen MR) is 127 cm³/mol. The number of carbonyl (C=O) groups excluding carboxylic acids is 3. The van der Waals surface area contributed by atoms with Gasteiger partial charge in [0.15, 0.2) is 0 Å². The van der Waals surface area contributed by atoms with Crippen molar-refractivity contribution in [3.63, 3.8) is 0 Å².